The molecule has 1 aromatic heterocycles. The maximum Gasteiger partial charge on any atom is 0.359 e. The minimum absolute atomic E-state index is 0.0360. The number of nitrogens with zero attached hydrogens (tertiary/aromatic N) is 8. The second-order valence-corrected chi connectivity index (χ2v) is 20.4. The van der Waals surface area contributed by atoms with Crippen molar-refractivity contribution in [2.75, 3.05) is 136 Å². The van der Waals surface area contributed by atoms with Crippen molar-refractivity contribution in [2.24, 2.45) is 0 Å². The number of carboxylic acids is 3. The summed E-state index contributed by atoms with van der Waals surface area (Å²) in [6, 6.07) is 15.4. The molecule has 3 heterocycles. The van der Waals surface area contributed by atoms with Gasteiger partial charge in [0.2, 0.25) is 11.8 Å². The summed E-state index contributed by atoms with van der Waals surface area (Å²) >= 11 is 7.12. The SMILES string of the molecule is C=CC(=O)N1CCN(c2nc(=O)n(-c3ccccc3CCC)c3cc(-c4c(F)cccc4OCCOCCCCCNC(=O)CN4CCN(CC(=O)O)CCN(CC(=O)O)CC[N+](C)(CC(=O)O)CC4)c(Cl)cc23)[C@@H](C)C1. The number of aliphatic carboxylic acids is 3. The van der Waals surface area contributed by atoms with E-state index in [1.807, 2.05) is 41.0 Å². The number of carbonyl (C=O) groups is 5. The molecule has 6 rings (SSSR count). The van der Waals surface area contributed by atoms with Gasteiger partial charge in [0.05, 0.1) is 63.1 Å². The zero-order chi connectivity index (χ0) is 55.6. The zero-order valence-electron chi connectivity index (χ0n) is 44.5. The highest BCUT2D eigenvalue weighted by Crippen LogP contribution is 2.41. The Kier molecular flexibility index (Phi) is 22.3. The lowest BCUT2D eigenvalue weighted by Gasteiger charge is -2.40. The summed E-state index contributed by atoms with van der Waals surface area (Å²) in [7, 11) is 1.80. The van der Waals surface area contributed by atoms with Crippen molar-refractivity contribution in [3.8, 4) is 22.6 Å². The molecule has 2 saturated heterocycles. The molecule has 2 fully saturated rings. The van der Waals surface area contributed by atoms with Crippen LogP contribution in [0.3, 0.4) is 0 Å². The van der Waals surface area contributed by atoms with Gasteiger partial charge in [-0.1, -0.05) is 55.8 Å². The summed E-state index contributed by atoms with van der Waals surface area (Å²) in [5.41, 5.74) is 2.00. The number of ether oxygens (including phenoxy) is 2. The normalized spacial score (nSPS) is 18.3. The summed E-state index contributed by atoms with van der Waals surface area (Å²) in [4.78, 5) is 88.8. The maximum absolute atomic E-state index is 16.1. The fourth-order valence-electron chi connectivity index (χ4n) is 10.00. The van der Waals surface area contributed by atoms with Crippen LogP contribution in [0.2, 0.25) is 5.02 Å². The Morgan fingerprint density at radius 3 is 2.17 bits per heavy atom. The number of halogens is 2. The summed E-state index contributed by atoms with van der Waals surface area (Å²) in [5.74, 6) is -3.35. The Bertz CT molecular complexity index is 2780. The number of likely N-dealkylation sites (N-methyl/N-ethyl adjacent to an activating group) is 1. The number of aromatic nitrogens is 2. The van der Waals surface area contributed by atoms with Crippen LogP contribution >= 0.6 is 11.6 Å². The van der Waals surface area contributed by atoms with Gasteiger partial charge in [-0.05, 0) is 74.6 Å². The highest BCUT2D eigenvalue weighted by molar-refractivity contribution is 6.34. The fourth-order valence-corrected chi connectivity index (χ4v) is 10.3. The largest absolute Gasteiger partial charge is 0.490 e. The lowest BCUT2D eigenvalue weighted by atomic mass is 10.0. The van der Waals surface area contributed by atoms with Crippen LogP contribution in [0.1, 0.15) is 45.1 Å². The van der Waals surface area contributed by atoms with Crippen LogP contribution < -0.4 is 20.6 Å². The molecule has 0 bridgehead atoms. The molecule has 4 N–H and O–H groups in total. The number of anilines is 1. The summed E-state index contributed by atoms with van der Waals surface area (Å²) in [6.07, 6.45) is 4.96. The first-order valence-corrected chi connectivity index (χ1v) is 26.7. The van der Waals surface area contributed by atoms with Gasteiger partial charge in [0, 0.05) is 94.1 Å². The highest BCUT2D eigenvalue weighted by Gasteiger charge is 2.32. The van der Waals surface area contributed by atoms with Gasteiger partial charge in [-0.2, -0.15) is 4.98 Å². The topological polar surface area (TPSA) is 228 Å². The van der Waals surface area contributed by atoms with Crippen LogP contribution in [-0.2, 0) is 35.1 Å². The minimum Gasteiger partial charge on any atom is -0.490 e. The Balaban J connectivity index is 1.05. The first-order valence-electron chi connectivity index (χ1n) is 26.3. The molecule has 20 nitrogen and oxygen atoms in total. The van der Waals surface area contributed by atoms with E-state index in [-0.39, 0.29) is 84.6 Å². The Hall–Kier alpha value is -6.49. The first-order chi connectivity index (χ1) is 36.9. The van der Waals surface area contributed by atoms with Gasteiger partial charge in [0.1, 0.15) is 24.0 Å². The number of amides is 2. The summed E-state index contributed by atoms with van der Waals surface area (Å²) in [5, 5.41) is 32.5. The summed E-state index contributed by atoms with van der Waals surface area (Å²) < 4.78 is 29.9. The van der Waals surface area contributed by atoms with E-state index in [9.17, 15) is 44.1 Å². The number of unbranched alkanes of at least 4 members (excludes halogenated alkanes) is 2. The summed E-state index contributed by atoms with van der Waals surface area (Å²) in [6.45, 7) is 12.0. The number of para-hydroxylation sites is 1. The number of benzene rings is 3. The quantitative estimate of drug-likeness (QED) is 0.0435. The predicted octanol–water partition coefficient (Wildman–Crippen LogP) is 4.32. The molecule has 2 aliphatic heterocycles. The third-order valence-corrected chi connectivity index (χ3v) is 14.4. The van der Waals surface area contributed by atoms with E-state index in [1.165, 1.54) is 12.1 Å². The van der Waals surface area contributed by atoms with E-state index in [4.69, 9.17) is 21.1 Å². The lowest BCUT2D eigenvalue weighted by molar-refractivity contribution is -0.901. The van der Waals surface area contributed by atoms with E-state index in [0.29, 0.717) is 126 Å². The number of quaternary nitrogens is 1. The van der Waals surface area contributed by atoms with Crippen LogP contribution in [0.15, 0.2) is 72.0 Å². The second kappa shape index (κ2) is 28.8. The second-order valence-electron chi connectivity index (χ2n) is 20.0. The fraction of sp³-hybridized carbons (Fsp3) is 0.509. The molecule has 22 heteroatoms. The van der Waals surface area contributed by atoms with E-state index in [1.54, 1.807) is 50.6 Å². The number of carboxylic acid groups (broad SMARTS) is 3. The Labute approximate surface area is 453 Å². The molecule has 418 valence electrons. The molecule has 0 aliphatic carbocycles. The minimum atomic E-state index is -1.03. The van der Waals surface area contributed by atoms with Crippen molar-refractivity contribution in [3.05, 3.63) is 94.1 Å². The van der Waals surface area contributed by atoms with Gasteiger partial charge in [-0.25, -0.2) is 14.0 Å². The molecule has 1 unspecified atom stereocenters. The van der Waals surface area contributed by atoms with Crippen molar-refractivity contribution < 1.29 is 57.6 Å². The molecule has 2 amide bonds. The number of carbonyl (C=O) groups excluding carboxylic acids is 2. The number of aryl methyl sites for hydroxylation is 1. The molecule has 3 aromatic carbocycles. The molecular formula is C55H74ClFN9O11+. The van der Waals surface area contributed by atoms with Crippen LogP contribution in [0.4, 0.5) is 10.2 Å². The smallest absolute Gasteiger partial charge is 0.359 e. The monoisotopic (exact) mass is 1090 g/mol. The van der Waals surface area contributed by atoms with Crippen molar-refractivity contribution in [1.82, 2.24) is 34.5 Å². The van der Waals surface area contributed by atoms with Gasteiger partial charge in [-0.3, -0.25) is 38.4 Å². The predicted molar refractivity (Wildman–Crippen MR) is 292 cm³/mol. The number of hydrogen-bond acceptors (Lipinski definition) is 13. The number of rotatable bonds is 24. The van der Waals surface area contributed by atoms with Crippen LogP contribution in [0.25, 0.3) is 27.7 Å². The highest BCUT2D eigenvalue weighted by atomic mass is 35.5. The molecule has 4 aromatic rings. The van der Waals surface area contributed by atoms with Crippen LogP contribution in [0.5, 0.6) is 5.75 Å². The van der Waals surface area contributed by atoms with Crippen LogP contribution in [-0.4, -0.2) is 216 Å². The third-order valence-electron chi connectivity index (χ3n) is 14.1. The Morgan fingerprint density at radius 1 is 0.844 bits per heavy atom. The van der Waals surface area contributed by atoms with Crippen molar-refractivity contribution >= 4 is 58.0 Å². The van der Waals surface area contributed by atoms with Crippen LogP contribution in [0, 0.1) is 5.82 Å². The van der Waals surface area contributed by atoms with Gasteiger partial charge >= 0.3 is 23.6 Å². The molecule has 2 atom stereocenters. The molecular weight excluding hydrogens is 1020 g/mol. The third kappa shape index (κ3) is 17.0. The first kappa shape index (κ1) is 59.7. The number of piperazine rings is 1. The van der Waals surface area contributed by atoms with Crippen molar-refractivity contribution in [3.63, 3.8) is 0 Å². The van der Waals surface area contributed by atoms with Crippen molar-refractivity contribution in [2.45, 2.75) is 52.0 Å². The molecule has 77 heavy (non-hydrogen) atoms. The van der Waals surface area contributed by atoms with Gasteiger partial charge in [0.25, 0.3) is 0 Å². The van der Waals surface area contributed by atoms with Gasteiger partial charge in [0.15, 0.2) is 6.54 Å². The number of hydrogen-bond donors (Lipinski definition) is 4. The van der Waals surface area contributed by atoms with Gasteiger partial charge in [-0.15, -0.1) is 0 Å². The van der Waals surface area contributed by atoms with E-state index >= 15 is 4.39 Å². The van der Waals surface area contributed by atoms with E-state index < -0.39 is 29.4 Å². The molecule has 0 radical (unpaired) electrons. The van der Waals surface area contributed by atoms with E-state index in [2.05, 4.69) is 23.8 Å². The van der Waals surface area contributed by atoms with Crippen molar-refractivity contribution in [1.29, 1.82) is 0 Å². The number of fused-ring (bicyclic) bond motifs is 1. The zero-order valence-corrected chi connectivity index (χ0v) is 45.2. The maximum atomic E-state index is 16.1. The average molecular weight is 1090 g/mol. The number of nitrogens with one attached hydrogen (secondary N) is 1. The molecule has 0 saturated carbocycles. The van der Waals surface area contributed by atoms with Gasteiger partial charge < -0.3 is 44.4 Å². The molecule has 2 aliphatic rings. The standard InChI is InChI=1S/C55H73ClFN9O11/c1-5-13-40-14-8-9-16-45(40)65-46-33-41(43(56)32-42(46)54(59-55(65)75)64-24-23-63(34-39(64)3)49(68)6-2)53-44(57)15-12-17-47(53)77-31-30-76-29-11-7-10-18-58-48(67)35-61-21-19-60(36-50(69)70)20-22-62(37-51(71)72)26-28-66(4,27-25-61)38-52(73)74/h6,8-9,12,14-17,32-33,39H,2,5,7,10-11,13,18-31,34-38H2,1,3-4H3,(H3-,58,67,69,70,71,72,73,74)/p+1/t39-,66?/m0/s1. The van der Waals surface area contributed by atoms with E-state index in [0.717, 1.165) is 18.4 Å². The molecule has 0 spiro atoms. The average Bonchev–Trinajstić information content (AvgIpc) is 3.42. The lowest BCUT2D eigenvalue weighted by Crippen LogP contribution is -2.56. The Morgan fingerprint density at radius 2 is 1.52 bits per heavy atom.